The van der Waals surface area contributed by atoms with E-state index in [9.17, 15) is 0 Å². The van der Waals surface area contributed by atoms with Crippen molar-refractivity contribution in [1.82, 2.24) is 0 Å². The van der Waals surface area contributed by atoms with E-state index in [1.807, 2.05) is 0 Å². The van der Waals surface area contributed by atoms with E-state index >= 15 is 0 Å². The average molecular weight is 199 g/mol. The molecule has 0 saturated heterocycles. The van der Waals surface area contributed by atoms with Gasteiger partial charge in [-0.3, -0.25) is 0 Å². The van der Waals surface area contributed by atoms with Crippen molar-refractivity contribution in [2.75, 3.05) is 11.5 Å². The van der Waals surface area contributed by atoms with Crippen LogP contribution in [0.25, 0.3) is 0 Å². The van der Waals surface area contributed by atoms with Crippen LogP contribution in [0, 0.1) is 11.3 Å². The summed E-state index contributed by atoms with van der Waals surface area (Å²) >= 11 is 1.76. The first-order valence-corrected chi connectivity index (χ1v) is 6.52. The Labute approximate surface area is 86.9 Å². The molecule has 0 rings (SSSR count). The molecule has 0 unspecified atom stereocenters. The van der Waals surface area contributed by atoms with Gasteiger partial charge in [0.15, 0.2) is 0 Å². The fourth-order valence-electron chi connectivity index (χ4n) is 1.28. The summed E-state index contributed by atoms with van der Waals surface area (Å²) in [5.41, 5.74) is 0. The molecule has 0 heterocycles. The van der Waals surface area contributed by atoms with Gasteiger partial charge in [-0.2, -0.15) is 5.26 Å². The van der Waals surface area contributed by atoms with Crippen LogP contribution in [0.1, 0.15) is 51.9 Å². The lowest BCUT2D eigenvalue weighted by atomic mass is 10.1. The molecule has 0 aliphatic heterocycles. The van der Waals surface area contributed by atoms with E-state index < -0.39 is 0 Å². The van der Waals surface area contributed by atoms with E-state index in [1.54, 1.807) is 11.8 Å². The smallest absolute Gasteiger partial charge is 0.0808 e. The van der Waals surface area contributed by atoms with E-state index in [0.29, 0.717) is 5.75 Å². The van der Waals surface area contributed by atoms with Crippen molar-refractivity contribution in [2.24, 2.45) is 0 Å². The third-order valence-electron chi connectivity index (χ3n) is 2.06. The fraction of sp³-hybridized carbons (Fsp3) is 0.909. The summed E-state index contributed by atoms with van der Waals surface area (Å²) in [7, 11) is 0. The van der Waals surface area contributed by atoms with Crippen LogP contribution in [0.3, 0.4) is 0 Å². The molecule has 0 bridgehead atoms. The van der Waals surface area contributed by atoms with E-state index in [1.165, 1.54) is 50.7 Å². The zero-order valence-electron chi connectivity index (χ0n) is 8.72. The fourth-order valence-corrected chi connectivity index (χ4v) is 1.92. The van der Waals surface area contributed by atoms with Gasteiger partial charge in [0.1, 0.15) is 0 Å². The van der Waals surface area contributed by atoms with Crippen molar-refractivity contribution in [3.8, 4) is 6.07 Å². The lowest BCUT2D eigenvalue weighted by Gasteiger charge is -1.99. The molecule has 0 aromatic carbocycles. The largest absolute Gasteiger partial charge is 0.197 e. The lowest BCUT2D eigenvalue weighted by Crippen LogP contribution is -1.83. The van der Waals surface area contributed by atoms with Gasteiger partial charge in [0, 0.05) is 0 Å². The van der Waals surface area contributed by atoms with Crippen LogP contribution in [0.5, 0.6) is 0 Å². The summed E-state index contributed by atoms with van der Waals surface area (Å²) in [6.07, 6.45) is 9.55. The molecule has 0 saturated carbocycles. The van der Waals surface area contributed by atoms with Gasteiger partial charge in [-0.05, 0) is 12.2 Å². The molecule has 0 aromatic heterocycles. The van der Waals surface area contributed by atoms with Gasteiger partial charge >= 0.3 is 0 Å². The maximum Gasteiger partial charge on any atom is 0.0808 e. The van der Waals surface area contributed by atoms with Crippen LogP contribution in [0.4, 0.5) is 0 Å². The SMILES string of the molecule is CCCCCCCCCSCC#N. The number of unbranched alkanes of at least 4 members (excludes halogenated alkanes) is 6. The van der Waals surface area contributed by atoms with E-state index in [-0.39, 0.29) is 0 Å². The highest BCUT2D eigenvalue weighted by molar-refractivity contribution is 7.99. The van der Waals surface area contributed by atoms with Crippen molar-refractivity contribution < 1.29 is 0 Å². The maximum absolute atomic E-state index is 8.30. The molecule has 0 radical (unpaired) electrons. The van der Waals surface area contributed by atoms with E-state index in [4.69, 9.17) is 5.26 Å². The molecule has 0 amide bonds. The molecule has 1 nitrogen and oxygen atoms in total. The first-order chi connectivity index (χ1) is 6.41. The number of nitrogens with zero attached hydrogens (tertiary/aromatic N) is 1. The van der Waals surface area contributed by atoms with Gasteiger partial charge in [-0.1, -0.05) is 45.4 Å². The van der Waals surface area contributed by atoms with Crippen molar-refractivity contribution >= 4 is 11.8 Å². The summed E-state index contributed by atoms with van der Waals surface area (Å²) in [4.78, 5) is 0. The van der Waals surface area contributed by atoms with Crippen LogP contribution < -0.4 is 0 Å². The van der Waals surface area contributed by atoms with Crippen molar-refractivity contribution in [2.45, 2.75) is 51.9 Å². The number of thioether (sulfide) groups is 1. The molecule has 0 aliphatic carbocycles. The van der Waals surface area contributed by atoms with Gasteiger partial charge < -0.3 is 0 Å². The van der Waals surface area contributed by atoms with Crippen LogP contribution in [0.2, 0.25) is 0 Å². The van der Waals surface area contributed by atoms with Crippen molar-refractivity contribution in [3.05, 3.63) is 0 Å². The minimum absolute atomic E-state index is 0.663. The quantitative estimate of drug-likeness (QED) is 0.524. The zero-order chi connectivity index (χ0) is 9.78. The third-order valence-corrected chi connectivity index (χ3v) is 2.97. The molecule has 0 aromatic rings. The van der Waals surface area contributed by atoms with Crippen molar-refractivity contribution in [1.29, 1.82) is 5.26 Å². The van der Waals surface area contributed by atoms with Crippen LogP contribution in [-0.4, -0.2) is 11.5 Å². The van der Waals surface area contributed by atoms with Gasteiger partial charge in [0.25, 0.3) is 0 Å². The minimum Gasteiger partial charge on any atom is -0.197 e. The maximum atomic E-state index is 8.30. The molecule has 0 atom stereocenters. The second-order valence-corrected chi connectivity index (χ2v) is 4.44. The van der Waals surface area contributed by atoms with Crippen LogP contribution >= 0.6 is 11.8 Å². The Morgan fingerprint density at radius 1 is 1.00 bits per heavy atom. The molecular weight excluding hydrogens is 178 g/mol. The molecule has 0 N–H and O–H groups in total. The summed E-state index contributed by atoms with van der Waals surface area (Å²) in [5.74, 6) is 1.83. The molecular formula is C11H21NS. The molecule has 76 valence electrons. The molecule has 13 heavy (non-hydrogen) atoms. The third kappa shape index (κ3) is 11.8. The molecule has 2 heteroatoms. The topological polar surface area (TPSA) is 23.8 Å². The Morgan fingerprint density at radius 3 is 2.23 bits per heavy atom. The van der Waals surface area contributed by atoms with Crippen LogP contribution in [0.15, 0.2) is 0 Å². The molecule has 0 fully saturated rings. The Hall–Kier alpha value is -0.160. The first kappa shape index (κ1) is 12.8. The second kappa shape index (κ2) is 11.8. The summed E-state index contributed by atoms with van der Waals surface area (Å²) < 4.78 is 0. The standard InChI is InChI=1S/C11H21NS/c1-2-3-4-5-6-7-8-10-13-11-9-12/h2-8,10-11H2,1H3. The lowest BCUT2D eigenvalue weighted by molar-refractivity contribution is 0.603. The summed E-state index contributed by atoms with van der Waals surface area (Å²) in [6.45, 7) is 2.25. The first-order valence-electron chi connectivity index (χ1n) is 5.36. The Bertz CT molecular complexity index is 129. The predicted octanol–water partition coefficient (Wildman–Crippen LogP) is 3.99. The van der Waals surface area contributed by atoms with Crippen molar-refractivity contribution in [3.63, 3.8) is 0 Å². The van der Waals surface area contributed by atoms with E-state index in [2.05, 4.69) is 13.0 Å². The Morgan fingerprint density at radius 2 is 1.62 bits per heavy atom. The second-order valence-electron chi connectivity index (χ2n) is 3.33. The number of rotatable bonds is 9. The zero-order valence-corrected chi connectivity index (χ0v) is 9.54. The minimum atomic E-state index is 0.663. The van der Waals surface area contributed by atoms with Gasteiger partial charge in [-0.15, -0.1) is 11.8 Å². The average Bonchev–Trinajstić information content (AvgIpc) is 2.16. The van der Waals surface area contributed by atoms with Gasteiger partial charge in [0.05, 0.1) is 11.8 Å². The number of nitriles is 1. The van der Waals surface area contributed by atoms with Gasteiger partial charge in [0.2, 0.25) is 0 Å². The monoisotopic (exact) mass is 199 g/mol. The normalized spacial score (nSPS) is 9.85. The summed E-state index contributed by atoms with van der Waals surface area (Å²) in [6, 6.07) is 2.15. The number of hydrogen-bond donors (Lipinski definition) is 0. The highest BCUT2D eigenvalue weighted by Gasteiger charge is 1.91. The number of hydrogen-bond acceptors (Lipinski definition) is 2. The highest BCUT2D eigenvalue weighted by Crippen LogP contribution is 2.09. The molecule has 0 spiro atoms. The highest BCUT2D eigenvalue weighted by atomic mass is 32.2. The van der Waals surface area contributed by atoms with Crippen LogP contribution in [-0.2, 0) is 0 Å². The Kier molecular flexibility index (Phi) is 11.7. The predicted molar refractivity (Wildman–Crippen MR) is 60.9 cm³/mol. The Balaban J connectivity index is 2.80. The van der Waals surface area contributed by atoms with Gasteiger partial charge in [-0.25, -0.2) is 0 Å². The summed E-state index contributed by atoms with van der Waals surface area (Å²) in [5, 5.41) is 8.30. The molecule has 0 aliphatic rings. The van der Waals surface area contributed by atoms with E-state index in [0.717, 1.165) is 0 Å².